The van der Waals surface area contributed by atoms with E-state index in [9.17, 15) is 8.42 Å². The molecule has 0 fully saturated rings. The fraction of sp³-hybridized carbons (Fsp3) is 1.00. The van der Waals surface area contributed by atoms with Crippen molar-refractivity contribution in [2.45, 2.75) is 38.9 Å². The topological polar surface area (TPSA) is 46.2 Å². The van der Waals surface area contributed by atoms with Crippen molar-refractivity contribution in [1.29, 1.82) is 0 Å². The Kier molecular flexibility index (Phi) is 3.15. The summed E-state index contributed by atoms with van der Waals surface area (Å²) < 4.78 is 24.8. The van der Waals surface area contributed by atoms with Crippen molar-refractivity contribution in [3.05, 3.63) is 0 Å². The summed E-state index contributed by atoms with van der Waals surface area (Å²) in [4.78, 5) is 0. The second-order valence-corrected chi connectivity index (χ2v) is 11.9. The number of sulfonamides is 1. The minimum atomic E-state index is -3.05. The summed E-state index contributed by atoms with van der Waals surface area (Å²) in [5.41, 5.74) is 0. The van der Waals surface area contributed by atoms with Gasteiger partial charge in [0.1, 0.15) is 8.24 Å². The van der Waals surface area contributed by atoms with Crippen LogP contribution in [0.4, 0.5) is 0 Å². The second kappa shape index (κ2) is 3.12. The molecule has 5 heteroatoms. The second-order valence-electron chi connectivity index (χ2n) is 4.75. The normalized spacial score (nSPS) is 14.8. The molecule has 12 heavy (non-hydrogen) atoms. The minimum absolute atomic E-state index is 0.0517. The van der Waals surface area contributed by atoms with Gasteiger partial charge in [0.25, 0.3) is 0 Å². The molecule has 0 atom stereocenters. The maximum atomic E-state index is 11.0. The van der Waals surface area contributed by atoms with E-state index in [1.54, 1.807) is 0 Å². The van der Waals surface area contributed by atoms with E-state index in [0.29, 0.717) is 0 Å². The minimum Gasteiger partial charge on any atom is -0.237 e. The van der Waals surface area contributed by atoms with Gasteiger partial charge in [-0.3, -0.25) is 0 Å². The monoisotopic (exact) mass is 209 g/mol. The lowest BCUT2D eigenvalue weighted by molar-refractivity contribution is 0.595. The van der Waals surface area contributed by atoms with E-state index >= 15 is 0 Å². The Labute approximate surface area is 76.7 Å². The Morgan fingerprint density at radius 1 is 1.17 bits per heavy atom. The molecule has 0 bridgehead atoms. The number of rotatable bonds is 2. The molecule has 0 saturated heterocycles. The van der Waals surface area contributed by atoms with Crippen LogP contribution >= 0.6 is 0 Å². The van der Waals surface area contributed by atoms with Gasteiger partial charge >= 0.3 is 0 Å². The molecule has 1 N–H and O–H groups in total. The third-order valence-corrected chi connectivity index (χ3v) is 9.59. The van der Waals surface area contributed by atoms with Crippen molar-refractivity contribution >= 4 is 18.3 Å². The average Bonchev–Trinajstić information content (AvgIpc) is 1.52. The molecular formula is C7H19NO2SSi. The van der Waals surface area contributed by atoms with E-state index in [1.807, 2.05) is 13.1 Å². The highest BCUT2D eigenvalue weighted by atomic mass is 32.2. The highest BCUT2D eigenvalue weighted by Gasteiger charge is 2.37. The van der Waals surface area contributed by atoms with Gasteiger partial charge in [0.05, 0.1) is 6.26 Å². The van der Waals surface area contributed by atoms with Crippen molar-refractivity contribution in [3.63, 3.8) is 0 Å². The van der Waals surface area contributed by atoms with Crippen LogP contribution in [0, 0.1) is 0 Å². The van der Waals surface area contributed by atoms with Crippen LogP contribution in [0.2, 0.25) is 18.1 Å². The molecule has 0 aromatic heterocycles. The van der Waals surface area contributed by atoms with Crippen molar-refractivity contribution in [2.24, 2.45) is 0 Å². The highest BCUT2D eigenvalue weighted by molar-refractivity contribution is 7.90. The van der Waals surface area contributed by atoms with Crippen molar-refractivity contribution < 1.29 is 8.42 Å². The lowest BCUT2D eigenvalue weighted by atomic mass is 10.2. The van der Waals surface area contributed by atoms with Crippen LogP contribution in [0.1, 0.15) is 20.8 Å². The summed E-state index contributed by atoms with van der Waals surface area (Å²) in [5.74, 6) is 0. The van der Waals surface area contributed by atoms with E-state index in [4.69, 9.17) is 0 Å². The summed E-state index contributed by atoms with van der Waals surface area (Å²) in [5, 5.41) is 0.0517. The van der Waals surface area contributed by atoms with Gasteiger partial charge < -0.3 is 0 Å². The zero-order valence-electron chi connectivity index (χ0n) is 8.72. The molecule has 0 aliphatic heterocycles. The van der Waals surface area contributed by atoms with Crippen LogP contribution in [0.3, 0.4) is 0 Å². The first-order valence-electron chi connectivity index (χ1n) is 3.95. The van der Waals surface area contributed by atoms with Gasteiger partial charge in [-0.25, -0.2) is 12.8 Å². The molecular weight excluding hydrogens is 190 g/mol. The molecule has 0 saturated carbocycles. The average molecular weight is 209 g/mol. The van der Waals surface area contributed by atoms with Crippen LogP contribution in [0.5, 0.6) is 0 Å². The fourth-order valence-electron chi connectivity index (χ4n) is 0.617. The Morgan fingerprint density at radius 2 is 1.50 bits per heavy atom. The summed E-state index contributed by atoms with van der Waals surface area (Å²) in [6.07, 6.45) is 1.22. The molecule has 0 rings (SSSR count). The smallest absolute Gasteiger partial charge is 0.202 e. The van der Waals surface area contributed by atoms with Gasteiger partial charge in [-0.1, -0.05) is 33.9 Å². The number of hydrogen-bond donors (Lipinski definition) is 1. The zero-order valence-corrected chi connectivity index (χ0v) is 10.5. The van der Waals surface area contributed by atoms with Crippen molar-refractivity contribution in [3.8, 4) is 0 Å². The molecule has 0 heterocycles. The van der Waals surface area contributed by atoms with E-state index in [2.05, 4.69) is 25.2 Å². The summed E-state index contributed by atoms with van der Waals surface area (Å²) >= 11 is 0. The summed E-state index contributed by atoms with van der Waals surface area (Å²) in [7, 11) is -4.93. The number of nitrogens with one attached hydrogen (secondary N) is 1. The quantitative estimate of drug-likeness (QED) is 0.701. The van der Waals surface area contributed by atoms with Gasteiger partial charge in [0.2, 0.25) is 10.0 Å². The molecule has 0 aromatic carbocycles. The first kappa shape index (κ1) is 12.1. The predicted molar refractivity (Wildman–Crippen MR) is 55.2 cm³/mol. The summed E-state index contributed by atoms with van der Waals surface area (Å²) in [6, 6.07) is 0. The zero-order chi connectivity index (χ0) is 10.2. The molecule has 0 spiro atoms. The van der Waals surface area contributed by atoms with Crippen LogP contribution in [-0.2, 0) is 10.0 Å². The Balaban J connectivity index is 4.67. The van der Waals surface area contributed by atoms with Gasteiger partial charge in [0, 0.05) is 0 Å². The molecule has 0 aromatic rings. The van der Waals surface area contributed by atoms with Crippen LogP contribution in [0.15, 0.2) is 0 Å². The maximum Gasteiger partial charge on any atom is 0.202 e. The molecule has 74 valence electrons. The lowest BCUT2D eigenvalue weighted by Gasteiger charge is -2.36. The maximum absolute atomic E-state index is 11.0. The third-order valence-electron chi connectivity index (χ3n) is 2.32. The van der Waals surface area contributed by atoms with Crippen molar-refractivity contribution in [2.75, 3.05) is 6.26 Å². The Morgan fingerprint density at radius 3 is 1.58 bits per heavy atom. The van der Waals surface area contributed by atoms with Gasteiger partial charge in [-0.15, -0.1) is 0 Å². The Hall–Kier alpha value is 0.127. The van der Waals surface area contributed by atoms with Crippen LogP contribution in [0.25, 0.3) is 0 Å². The predicted octanol–water partition coefficient (Wildman–Crippen LogP) is 1.54. The highest BCUT2D eigenvalue weighted by Crippen LogP contribution is 2.33. The summed E-state index contributed by atoms with van der Waals surface area (Å²) in [6.45, 7) is 10.2. The molecule has 0 amide bonds. The van der Waals surface area contributed by atoms with Crippen molar-refractivity contribution in [1.82, 2.24) is 4.39 Å². The first-order valence-corrected chi connectivity index (χ1v) is 8.84. The van der Waals surface area contributed by atoms with Gasteiger partial charge in [-0.05, 0) is 5.04 Å². The van der Waals surface area contributed by atoms with Gasteiger partial charge in [0.15, 0.2) is 0 Å². The third kappa shape index (κ3) is 3.69. The van der Waals surface area contributed by atoms with E-state index in [-0.39, 0.29) is 5.04 Å². The largest absolute Gasteiger partial charge is 0.237 e. The lowest BCUT2D eigenvalue weighted by Crippen LogP contribution is -2.54. The van der Waals surface area contributed by atoms with Gasteiger partial charge in [-0.2, -0.15) is 0 Å². The Bertz CT molecular complexity index is 251. The van der Waals surface area contributed by atoms with E-state index in [1.165, 1.54) is 6.26 Å². The van der Waals surface area contributed by atoms with E-state index < -0.39 is 18.3 Å². The molecule has 0 radical (unpaired) electrons. The number of hydrogen-bond acceptors (Lipinski definition) is 2. The van der Waals surface area contributed by atoms with Crippen LogP contribution < -0.4 is 4.39 Å². The fourth-order valence-corrected chi connectivity index (χ4v) is 5.55. The first-order chi connectivity index (χ1) is 4.96. The molecule has 0 unspecified atom stereocenters. The molecule has 0 aliphatic rings. The van der Waals surface area contributed by atoms with Crippen LogP contribution in [-0.4, -0.2) is 22.9 Å². The molecule has 0 aliphatic carbocycles. The standard InChI is InChI=1S/C7H19NO2SSi/c1-7(2,3)12(5,6)8-11(4,9)10/h8H,1-6H3. The van der Waals surface area contributed by atoms with E-state index in [0.717, 1.165) is 0 Å². The SMILES string of the molecule is CC(C)(C)[Si](C)(C)NS(C)(=O)=O. The molecule has 3 nitrogen and oxygen atoms in total.